The predicted molar refractivity (Wildman–Crippen MR) is 108 cm³/mol. The number of hydrogen-bond acceptors (Lipinski definition) is 4. The standard InChI is InChI=1S/C22H33N3O3/c1-4-14-27-22(26)25-13-5-6-19(20-11-12-23-24-20)21(25)15-28-18-9-7-17(8-10-18)16(2)3/h1,11-12,16-19,21H,5-10,13-15H2,2-3H3,(H,23,24)/t17?,18?,19-,21+/m1/s1. The molecule has 2 fully saturated rings. The van der Waals surface area contributed by atoms with Crippen LogP contribution in [0.5, 0.6) is 0 Å². The monoisotopic (exact) mass is 387 g/mol. The third-order valence-corrected chi connectivity index (χ3v) is 6.38. The summed E-state index contributed by atoms with van der Waals surface area (Å²) in [7, 11) is 0. The maximum absolute atomic E-state index is 12.6. The van der Waals surface area contributed by atoms with Crippen LogP contribution < -0.4 is 0 Å². The molecule has 1 aliphatic carbocycles. The molecule has 6 heteroatoms. The number of H-pyrrole nitrogens is 1. The highest BCUT2D eigenvalue weighted by molar-refractivity contribution is 5.68. The Balaban J connectivity index is 1.65. The number of aromatic amines is 1. The second-order valence-corrected chi connectivity index (χ2v) is 8.39. The molecule has 2 aliphatic rings. The van der Waals surface area contributed by atoms with Gasteiger partial charge in [0.15, 0.2) is 6.61 Å². The molecule has 0 unspecified atom stereocenters. The van der Waals surface area contributed by atoms with Crippen molar-refractivity contribution in [3.8, 4) is 12.3 Å². The van der Waals surface area contributed by atoms with Crippen LogP contribution >= 0.6 is 0 Å². The first kappa shape index (κ1) is 20.7. The van der Waals surface area contributed by atoms with Crippen molar-refractivity contribution < 1.29 is 14.3 Å². The van der Waals surface area contributed by atoms with Gasteiger partial charge < -0.3 is 14.4 Å². The van der Waals surface area contributed by atoms with Gasteiger partial charge in [-0.3, -0.25) is 5.10 Å². The second-order valence-electron chi connectivity index (χ2n) is 8.39. The Morgan fingerprint density at radius 2 is 2.14 bits per heavy atom. The first-order valence-electron chi connectivity index (χ1n) is 10.6. The number of carbonyl (C=O) groups excluding carboxylic acids is 1. The number of terminal acetylenes is 1. The Hall–Kier alpha value is -2.00. The molecule has 2 atom stereocenters. The summed E-state index contributed by atoms with van der Waals surface area (Å²) in [6.45, 7) is 5.80. The Labute approximate surface area is 168 Å². The summed E-state index contributed by atoms with van der Waals surface area (Å²) < 4.78 is 11.6. The minimum Gasteiger partial charge on any atom is -0.436 e. The van der Waals surface area contributed by atoms with E-state index in [0.717, 1.165) is 43.2 Å². The molecule has 3 rings (SSSR count). The van der Waals surface area contributed by atoms with Crippen molar-refractivity contribution in [2.24, 2.45) is 11.8 Å². The Kier molecular flexibility index (Phi) is 7.38. The summed E-state index contributed by atoms with van der Waals surface area (Å²) in [4.78, 5) is 14.4. The van der Waals surface area contributed by atoms with E-state index in [0.29, 0.717) is 13.2 Å². The highest BCUT2D eigenvalue weighted by Crippen LogP contribution is 2.35. The zero-order chi connectivity index (χ0) is 19.9. The average molecular weight is 388 g/mol. The second kappa shape index (κ2) is 9.97. The minimum atomic E-state index is -0.348. The summed E-state index contributed by atoms with van der Waals surface area (Å²) in [6, 6.07) is 1.92. The van der Waals surface area contributed by atoms with Crippen molar-refractivity contribution in [3.05, 3.63) is 18.0 Å². The van der Waals surface area contributed by atoms with Gasteiger partial charge in [0.2, 0.25) is 0 Å². The van der Waals surface area contributed by atoms with Gasteiger partial charge in [-0.15, -0.1) is 6.42 Å². The maximum Gasteiger partial charge on any atom is 0.411 e. The molecule has 1 amide bonds. The number of nitrogens with zero attached hydrogens (tertiary/aromatic N) is 2. The van der Waals surface area contributed by atoms with Gasteiger partial charge in [-0.05, 0) is 56.4 Å². The van der Waals surface area contributed by atoms with E-state index in [2.05, 4.69) is 30.0 Å². The molecule has 154 valence electrons. The summed E-state index contributed by atoms with van der Waals surface area (Å²) in [6.07, 6.45) is 13.5. The first-order valence-corrected chi connectivity index (χ1v) is 10.6. The van der Waals surface area contributed by atoms with Gasteiger partial charge in [0, 0.05) is 24.4 Å². The number of rotatable bonds is 6. The number of hydrogen-bond donors (Lipinski definition) is 1. The fraction of sp³-hybridized carbons (Fsp3) is 0.727. The highest BCUT2D eigenvalue weighted by Gasteiger charge is 2.37. The van der Waals surface area contributed by atoms with Crippen LogP contribution in [-0.2, 0) is 9.47 Å². The molecule has 0 bridgehead atoms. The number of piperidine rings is 1. The smallest absolute Gasteiger partial charge is 0.411 e. The van der Waals surface area contributed by atoms with E-state index >= 15 is 0 Å². The van der Waals surface area contributed by atoms with Gasteiger partial charge in [-0.25, -0.2) is 4.79 Å². The summed E-state index contributed by atoms with van der Waals surface area (Å²) in [5.74, 6) is 4.09. The SMILES string of the molecule is C#CCOC(=O)N1CCC[C@H](c2ccn[nH]2)[C@@H]1COC1CCC(C(C)C)CC1. The third-order valence-electron chi connectivity index (χ3n) is 6.38. The lowest BCUT2D eigenvalue weighted by molar-refractivity contribution is -0.0308. The number of aromatic nitrogens is 2. The molecule has 0 aromatic carbocycles. The van der Waals surface area contributed by atoms with Crippen molar-refractivity contribution in [2.75, 3.05) is 19.8 Å². The van der Waals surface area contributed by atoms with Crippen LogP contribution in [0.25, 0.3) is 0 Å². The van der Waals surface area contributed by atoms with E-state index in [1.807, 2.05) is 6.07 Å². The molecule has 6 nitrogen and oxygen atoms in total. The van der Waals surface area contributed by atoms with E-state index in [1.165, 1.54) is 12.8 Å². The molecule has 1 aliphatic heterocycles. The fourth-order valence-electron chi connectivity index (χ4n) is 4.67. The van der Waals surface area contributed by atoms with E-state index in [9.17, 15) is 4.79 Å². The van der Waals surface area contributed by atoms with Crippen molar-refractivity contribution in [2.45, 2.75) is 70.4 Å². The lowest BCUT2D eigenvalue weighted by atomic mass is 9.80. The van der Waals surface area contributed by atoms with Crippen molar-refractivity contribution in [1.82, 2.24) is 15.1 Å². The molecule has 1 saturated carbocycles. The van der Waals surface area contributed by atoms with Crippen LogP contribution in [0, 0.1) is 24.2 Å². The fourth-order valence-corrected chi connectivity index (χ4v) is 4.67. The maximum atomic E-state index is 12.6. The molecule has 2 heterocycles. The van der Waals surface area contributed by atoms with Gasteiger partial charge in [0.05, 0.1) is 18.8 Å². The van der Waals surface area contributed by atoms with Crippen molar-refractivity contribution >= 4 is 6.09 Å². The van der Waals surface area contributed by atoms with Crippen LogP contribution in [0.15, 0.2) is 12.3 Å². The van der Waals surface area contributed by atoms with Crippen LogP contribution in [0.2, 0.25) is 0 Å². The summed E-state index contributed by atoms with van der Waals surface area (Å²) in [5, 5.41) is 7.18. The van der Waals surface area contributed by atoms with Crippen molar-refractivity contribution in [3.63, 3.8) is 0 Å². The van der Waals surface area contributed by atoms with E-state index < -0.39 is 0 Å². The number of nitrogens with one attached hydrogen (secondary N) is 1. The van der Waals surface area contributed by atoms with Crippen LogP contribution in [-0.4, -0.2) is 53.1 Å². The summed E-state index contributed by atoms with van der Waals surface area (Å²) >= 11 is 0. The van der Waals surface area contributed by atoms with Crippen LogP contribution in [0.1, 0.15) is 64.0 Å². The third kappa shape index (κ3) is 5.08. The highest BCUT2D eigenvalue weighted by atomic mass is 16.6. The number of likely N-dealkylation sites (tertiary alicyclic amines) is 1. The van der Waals surface area contributed by atoms with Crippen LogP contribution in [0.4, 0.5) is 4.79 Å². The van der Waals surface area contributed by atoms with Gasteiger partial charge in [-0.1, -0.05) is 19.8 Å². The van der Waals surface area contributed by atoms with Gasteiger partial charge in [-0.2, -0.15) is 5.10 Å². The average Bonchev–Trinajstić information content (AvgIpc) is 3.25. The van der Waals surface area contributed by atoms with E-state index in [-0.39, 0.29) is 30.8 Å². The topological polar surface area (TPSA) is 67.5 Å². The largest absolute Gasteiger partial charge is 0.436 e. The predicted octanol–water partition coefficient (Wildman–Crippen LogP) is 3.96. The Morgan fingerprint density at radius 1 is 1.36 bits per heavy atom. The minimum absolute atomic E-state index is 0.00312. The van der Waals surface area contributed by atoms with Crippen molar-refractivity contribution in [1.29, 1.82) is 0 Å². The van der Waals surface area contributed by atoms with E-state index in [1.54, 1.807) is 11.1 Å². The molecular weight excluding hydrogens is 354 g/mol. The normalized spacial score (nSPS) is 28.1. The molecule has 0 spiro atoms. The van der Waals surface area contributed by atoms with Gasteiger partial charge in [0.1, 0.15) is 0 Å². The van der Waals surface area contributed by atoms with Gasteiger partial charge in [0.25, 0.3) is 0 Å². The quantitative estimate of drug-likeness (QED) is 0.750. The molecule has 1 saturated heterocycles. The lowest BCUT2D eigenvalue weighted by Gasteiger charge is -2.41. The number of carbonyl (C=O) groups is 1. The number of ether oxygens (including phenoxy) is 2. The zero-order valence-electron chi connectivity index (χ0n) is 17.1. The lowest BCUT2D eigenvalue weighted by Crippen LogP contribution is -2.50. The van der Waals surface area contributed by atoms with Crippen LogP contribution in [0.3, 0.4) is 0 Å². The Morgan fingerprint density at radius 3 is 2.79 bits per heavy atom. The van der Waals surface area contributed by atoms with E-state index in [4.69, 9.17) is 15.9 Å². The first-order chi connectivity index (χ1) is 13.6. The molecule has 1 aromatic rings. The molecule has 1 N–H and O–H groups in total. The molecule has 28 heavy (non-hydrogen) atoms. The molecule has 1 aromatic heterocycles. The summed E-state index contributed by atoms with van der Waals surface area (Å²) in [5.41, 5.74) is 1.05. The number of amides is 1. The Bertz CT molecular complexity index is 644. The zero-order valence-corrected chi connectivity index (χ0v) is 17.1. The molecule has 0 radical (unpaired) electrons. The molecular formula is C22H33N3O3. The van der Waals surface area contributed by atoms with Gasteiger partial charge >= 0.3 is 6.09 Å².